The summed E-state index contributed by atoms with van der Waals surface area (Å²) in [6.07, 6.45) is 5.99. The lowest BCUT2D eigenvalue weighted by Gasteiger charge is -2.70. The van der Waals surface area contributed by atoms with Crippen LogP contribution in [0.1, 0.15) is 73.6 Å². The Bertz CT molecular complexity index is 2080. The minimum atomic E-state index is -0.527. The first-order chi connectivity index (χ1) is 22.9. The highest BCUT2D eigenvalue weighted by Gasteiger charge is 2.72. The van der Waals surface area contributed by atoms with E-state index < -0.39 is 17.4 Å². The smallest absolute Gasteiger partial charge is 0.308 e. The molecule has 1 unspecified atom stereocenters. The molecule has 0 radical (unpaired) electrons. The van der Waals surface area contributed by atoms with Crippen LogP contribution < -0.4 is 19.3 Å². The number of carbonyl (C=O) groups excluding carboxylic acids is 4. The molecule has 9 rings (SSSR count). The van der Waals surface area contributed by atoms with E-state index >= 15 is 0 Å². The van der Waals surface area contributed by atoms with Crippen LogP contribution in [0.2, 0.25) is 0 Å². The molecule has 250 valence electrons. The predicted octanol–water partition coefficient (Wildman–Crippen LogP) is 6.72. The summed E-state index contributed by atoms with van der Waals surface area (Å²) in [7, 11) is 0. The number of aromatic amines is 2. The average molecular weight is 692 g/mol. The number of alkyl halides is 2. The third-order valence-electron chi connectivity index (χ3n) is 11.0. The molecule has 2 bridgehead atoms. The van der Waals surface area contributed by atoms with Gasteiger partial charge in [-0.1, -0.05) is 0 Å². The highest BCUT2D eigenvalue weighted by Crippen LogP contribution is 2.76. The lowest BCUT2D eigenvalue weighted by Crippen LogP contribution is -2.69. The van der Waals surface area contributed by atoms with E-state index in [0.29, 0.717) is 62.0 Å². The third kappa shape index (κ3) is 4.37. The van der Waals surface area contributed by atoms with Gasteiger partial charge in [0.25, 0.3) is 0 Å². The molecule has 0 spiro atoms. The van der Waals surface area contributed by atoms with Crippen molar-refractivity contribution in [3.05, 3.63) is 46.8 Å². The van der Waals surface area contributed by atoms with E-state index in [1.807, 2.05) is 31.1 Å². The van der Waals surface area contributed by atoms with Gasteiger partial charge in [-0.15, -0.1) is 23.2 Å². The Morgan fingerprint density at radius 1 is 0.792 bits per heavy atom. The maximum atomic E-state index is 14.3. The van der Waals surface area contributed by atoms with Crippen LogP contribution in [-0.2, 0) is 19.2 Å². The number of amides is 2. The number of ether oxygens (including phenoxy) is 2. The van der Waals surface area contributed by atoms with Crippen LogP contribution in [0.4, 0.5) is 11.4 Å². The minimum Gasteiger partial charge on any atom is -0.424 e. The Labute approximate surface area is 287 Å². The first-order valence-corrected chi connectivity index (χ1v) is 17.4. The summed E-state index contributed by atoms with van der Waals surface area (Å²) in [5.74, 6) is 0.496. The zero-order chi connectivity index (χ0) is 33.9. The van der Waals surface area contributed by atoms with Gasteiger partial charge in [0.05, 0.1) is 27.8 Å². The van der Waals surface area contributed by atoms with Crippen LogP contribution in [0, 0.1) is 24.7 Å². The third-order valence-corrected chi connectivity index (χ3v) is 11.8. The van der Waals surface area contributed by atoms with Gasteiger partial charge in [-0.25, -0.2) is 0 Å². The normalized spacial score (nSPS) is 25.1. The number of hydrogen-bond donors (Lipinski definition) is 2. The molecule has 0 saturated heterocycles. The van der Waals surface area contributed by atoms with Gasteiger partial charge in [0.15, 0.2) is 11.5 Å². The number of nitrogens with zero attached hydrogens (tertiary/aromatic N) is 2. The van der Waals surface area contributed by atoms with Crippen LogP contribution in [0.5, 0.6) is 11.5 Å². The molecule has 12 heteroatoms. The van der Waals surface area contributed by atoms with Gasteiger partial charge in [-0.05, 0) is 60.8 Å². The van der Waals surface area contributed by atoms with E-state index in [-0.39, 0.29) is 29.1 Å². The molecule has 2 aromatic carbocycles. The van der Waals surface area contributed by atoms with Crippen LogP contribution in [0.15, 0.2) is 24.5 Å². The topological polar surface area (TPSA) is 125 Å². The van der Waals surface area contributed by atoms with Crippen LogP contribution in [-0.4, -0.2) is 58.6 Å². The second kappa shape index (κ2) is 10.7. The molecule has 3 saturated carbocycles. The zero-order valence-electron chi connectivity index (χ0n) is 27.2. The Hall–Kier alpha value is -4.02. The molecule has 5 aliphatic rings. The summed E-state index contributed by atoms with van der Waals surface area (Å²) in [5.41, 5.74) is 6.13. The SMILES string of the molecule is CC(=O)Oc1cc2c(c3c(C)c[nH]c13)C(CCl)CN2C(=O)CC12CC(C(=O)N3C[C@@H](CCl)c4c3cc(OC(C)=O)c3[nH]cc(C)c43)(C1)C2. The number of halogens is 2. The molecule has 3 fully saturated rings. The number of H-pyrrole nitrogens is 2. The highest BCUT2D eigenvalue weighted by molar-refractivity contribution is 6.20. The average Bonchev–Trinajstić information content (AvgIpc) is 3.76. The summed E-state index contributed by atoms with van der Waals surface area (Å²) < 4.78 is 11.1. The molecule has 2 aromatic heterocycles. The molecule has 2 atom stereocenters. The van der Waals surface area contributed by atoms with E-state index in [2.05, 4.69) is 9.97 Å². The fraction of sp³-hybridized carbons (Fsp3) is 0.444. The van der Waals surface area contributed by atoms with Gasteiger partial charge in [0.1, 0.15) is 0 Å². The lowest BCUT2D eigenvalue weighted by atomic mass is 9.34. The van der Waals surface area contributed by atoms with Crippen LogP contribution >= 0.6 is 23.2 Å². The van der Waals surface area contributed by atoms with E-state index in [1.54, 1.807) is 17.0 Å². The van der Waals surface area contributed by atoms with Gasteiger partial charge < -0.3 is 29.2 Å². The number of carbonyl (C=O) groups is 4. The monoisotopic (exact) mass is 690 g/mol. The molecule has 2 aliphatic heterocycles. The summed E-state index contributed by atoms with van der Waals surface area (Å²) >= 11 is 12.9. The summed E-state index contributed by atoms with van der Waals surface area (Å²) in [4.78, 5) is 62.3. The van der Waals surface area contributed by atoms with E-state index in [0.717, 1.165) is 55.4 Å². The Balaban J connectivity index is 1.04. The van der Waals surface area contributed by atoms with Crippen LogP contribution in [0.3, 0.4) is 0 Å². The predicted molar refractivity (Wildman–Crippen MR) is 184 cm³/mol. The van der Waals surface area contributed by atoms with Crippen molar-refractivity contribution in [2.45, 2.75) is 65.2 Å². The van der Waals surface area contributed by atoms with Crippen molar-refractivity contribution in [2.75, 3.05) is 34.6 Å². The molecule has 4 heterocycles. The highest BCUT2D eigenvalue weighted by atomic mass is 35.5. The second-order valence-electron chi connectivity index (χ2n) is 14.4. The van der Waals surface area contributed by atoms with E-state index in [9.17, 15) is 19.2 Å². The number of aryl methyl sites for hydroxylation is 2. The quantitative estimate of drug-likeness (QED) is 0.126. The number of nitrogens with one attached hydrogen (secondary N) is 2. The number of fused-ring (bicyclic) bond motifs is 6. The van der Waals surface area contributed by atoms with Crippen molar-refractivity contribution >= 4 is 80.1 Å². The van der Waals surface area contributed by atoms with Gasteiger partial charge >= 0.3 is 11.9 Å². The van der Waals surface area contributed by atoms with Gasteiger partial charge in [0, 0.05) is 92.3 Å². The van der Waals surface area contributed by atoms with Crippen molar-refractivity contribution < 1.29 is 28.7 Å². The standard InChI is InChI=1S/C36H36Cl2N4O6/c1-17-10-39-32-25(47-19(3)43)5-23-30(28(17)32)21(8-37)12-41(23)27(45)7-35-14-36(15-35,16-35)34(46)42-13-22(9-38)31-24(42)6-26(48-20(4)44)33-29(31)18(2)11-40-33/h5-6,10-11,21-22,39-40H,7-9,12-16H2,1-4H3/t21?,22-,35?,36?/m1/s1. The Morgan fingerprint density at radius 2 is 1.25 bits per heavy atom. The molecule has 10 nitrogen and oxygen atoms in total. The first kappa shape index (κ1) is 31.3. The first-order valence-electron chi connectivity index (χ1n) is 16.3. The largest absolute Gasteiger partial charge is 0.424 e. The molecular weight excluding hydrogens is 655 g/mol. The maximum Gasteiger partial charge on any atom is 0.308 e. The molecule has 4 aromatic rings. The number of benzene rings is 2. The van der Waals surface area contributed by atoms with Crippen molar-refractivity contribution in [1.82, 2.24) is 9.97 Å². The number of aromatic nitrogens is 2. The molecule has 48 heavy (non-hydrogen) atoms. The molecule has 3 aliphatic carbocycles. The Kier molecular flexibility index (Phi) is 6.99. The molecular formula is C36H36Cl2N4O6. The zero-order valence-corrected chi connectivity index (χ0v) is 28.7. The van der Waals surface area contributed by atoms with Crippen LogP contribution in [0.25, 0.3) is 21.8 Å². The molecule has 2 N–H and O–H groups in total. The van der Waals surface area contributed by atoms with Gasteiger partial charge in [-0.3, -0.25) is 19.2 Å². The summed E-state index contributed by atoms with van der Waals surface area (Å²) in [5, 5.41) is 1.87. The number of esters is 2. The lowest BCUT2D eigenvalue weighted by molar-refractivity contribution is -0.207. The van der Waals surface area contributed by atoms with Crippen molar-refractivity contribution in [2.24, 2.45) is 10.8 Å². The second-order valence-corrected chi connectivity index (χ2v) is 15.0. The van der Waals surface area contributed by atoms with Crippen molar-refractivity contribution in [3.63, 3.8) is 0 Å². The number of anilines is 2. The van der Waals surface area contributed by atoms with Gasteiger partial charge in [0.2, 0.25) is 11.8 Å². The minimum absolute atomic E-state index is 0.0176. The summed E-state index contributed by atoms with van der Waals surface area (Å²) in [6.45, 7) is 7.59. The maximum absolute atomic E-state index is 14.3. The van der Waals surface area contributed by atoms with Crippen molar-refractivity contribution in [1.29, 1.82) is 0 Å². The van der Waals surface area contributed by atoms with E-state index in [1.165, 1.54) is 13.8 Å². The number of rotatable bonds is 7. The van der Waals surface area contributed by atoms with Gasteiger partial charge in [-0.2, -0.15) is 0 Å². The fourth-order valence-corrected chi connectivity index (χ4v) is 9.79. The van der Waals surface area contributed by atoms with E-state index in [4.69, 9.17) is 32.7 Å². The summed E-state index contributed by atoms with van der Waals surface area (Å²) in [6, 6.07) is 3.56. The van der Waals surface area contributed by atoms with Crippen molar-refractivity contribution in [3.8, 4) is 11.5 Å². The molecule has 2 amide bonds. The number of hydrogen-bond acceptors (Lipinski definition) is 6. The Morgan fingerprint density at radius 3 is 1.71 bits per heavy atom. The fourth-order valence-electron chi connectivity index (χ4n) is 9.29.